The minimum atomic E-state index is 0.0262. The summed E-state index contributed by atoms with van der Waals surface area (Å²) in [4.78, 5) is 2.40. The molecule has 0 fully saturated rings. The van der Waals surface area contributed by atoms with Crippen LogP contribution >= 0.6 is 11.6 Å². The summed E-state index contributed by atoms with van der Waals surface area (Å²) in [6, 6.07) is 18.5. The number of methoxy groups -OCH3 is 1. The van der Waals surface area contributed by atoms with E-state index in [1.54, 1.807) is 7.11 Å². The van der Waals surface area contributed by atoms with Crippen LogP contribution in [0.4, 0.5) is 0 Å². The second-order valence-corrected chi connectivity index (χ2v) is 7.83. The molecule has 2 aromatic carbocycles. The number of aromatic nitrogens is 4. The van der Waals surface area contributed by atoms with Gasteiger partial charge >= 0.3 is 0 Å². The zero-order valence-corrected chi connectivity index (χ0v) is 18.0. The first-order valence-electron chi connectivity index (χ1n) is 9.86. The molecular formula is C22H28ClN5O. The van der Waals surface area contributed by atoms with Crippen molar-refractivity contribution >= 4 is 11.6 Å². The first kappa shape index (κ1) is 21.4. The zero-order chi connectivity index (χ0) is 20.6. The molecule has 0 saturated carbocycles. The van der Waals surface area contributed by atoms with Gasteiger partial charge in [-0.25, -0.2) is 4.68 Å². The molecule has 0 N–H and O–H groups in total. The summed E-state index contributed by atoms with van der Waals surface area (Å²) >= 11 is 6.49. The van der Waals surface area contributed by atoms with Gasteiger partial charge in [-0.2, -0.15) is 0 Å². The van der Waals surface area contributed by atoms with E-state index in [2.05, 4.69) is 64.6 Å². The molecular weight excluding hydrogens is 386 g/mol. The molecule has 1 heterocycles. The lowest BCUT2D eigenvalue weighted by Crippen LogP contribution is -2.34. The van der Waals surface area contributed by atoms with E-state index in [1.165, 1.54) is 5.56 Å². The molecule has 0 aliphatic rings. The van der Waals surface area contributed by atoms with Gasteiger partial charge in [0, 0.05) is 25.2 Å². The van der Waals surface area contributed by atoms with Gasteiger partial charge < -0.3 is 4.74 Å². The first-order valence-corrected chi connectivity index (χ1v) is 10.2. The van der Waals surface area contributed by atoms with E-state index in [0.29, 0.717) is 25.6 Å². The molecule has 0 spiro atoms. The summed E-state index contributed by atoms with van der Waals surface area (Å²) in [6.07, 6.45) is 0. The Bertz CT molecular complexity index is 884. The van der Waals surface area contributed by atoms with Crippen molar-refractivity contribution in [2.45, 2.75) is 39.5 Å². The normalized spacial score (nSPS) is 12.6. The van der Waals surface area contributed by atoms with E-state index in [1.807, 2.05) is 28.9 Å². The number of nitrogens with zero attached hydrogens (tertiary/aromatic N) is 5. The van der Waals surface area contributed by atoms with Crippen molar-refractivity contribution in [2.75, 3.05) is 13.7 Å². The lowest BCUT2D eigenvalue weighted by atomic mass is 9.99. The third-order valence-corrected chi connectivity index (χ3v) is 5.28. The highest BCUT2D eigenvalue weighted by Gasteiger charge is 2.29. The number of ether oxygens (including phenoxy) is 1. The molecule has 0 saturated heterocycles. The predicted molar refractivity (Wildman–Crippen MR) is 114 cm³/mol. The molecule has 0 amide bonds. The average Bonchev–Trinajstić information content (AvgIpc) is 3.16. The molecule has 0 aliphatic carbocycles. The first-order chi connectivity index (χ1) is 14.1. The van der Waals surface area contributed by atoms with E-state index < -0.39 is 0 Å². The summed E-state index contributed by atoms with van der Waals surface area (Å²) in [6.45, 7) is 7.05. The highest BCUT2D eigenvalue weighted by atomic mass is 35.5. The lowest BCUT2D eigenvalue weighted by Gasteiger charge is -2.34. The number of tetrazole rings is 1. The van der Waals surface area contributed by atoms with Crippen molar-refractivity contribution in [3.63, 3.8) is 0 Å². The lowest BCUT2D eigenvalue weighted by molar-refractivity contribution is 0.121. The van der Waals surface area contributed by atoms with Crippen molar-refractivity contribution in [2.24, 2.45) is 5.92 Å². The molecule has 7 heteroatoms. The van der Waals surface area contributed by atoms with Crippen LogP contribution in [0.3, 0.4) is 0 Å². The fourth-order valence-corrected chi connectivity index (χ4v) is 3.75. The molecule has 29 heavy (non-hydrogen) atoms. The number of hydrogen-bond acceptors (Lipinski definition) is 5. The fraction of sp³-hybridized carbons (Fsp3) is 0.409. The molecule has 0 aliphatic heterocycles. The van der Waals surface area contributed by atoms with Crippen molar-refractivity contribution in [3.8, 4) is 0 Å². The Kier molecular flexibility index (Phi) is 7.75. The maximum absolute atomic E-state index is 6.49. The van der Waals surface area contributed by atoms with Gasteiger partial charge in [0.15, 0.2) is 5.82 Å². The molecule has 0 radical (unpaired) electrons. The maximum atomic E-state index is 6.49. The van der Waals surface area contributed by atoms with E-state index >= 15 is 0 Å². The molecule has 0 bridgehead atoms. The summed E-state index contributed by atoms with van der Waals surface area (Å²) in [7, 11) is 1.68. The minimum Gasteiger partial charge on any atom is -0.383 e. The van der Waals surface area contributed by atoms with Crippen LogP contribution in [-0.2, 0) is 24.4 Å². The smallest absolute Gasteiger partial charge is 0.168 e. The number of rotatable bonds is 10. The minimum absolute atomic E-state index is 0.0262. The zero-order valence-electron chi connectivity index (χ0n) is 17.2. The van der Waals surface area contributed by atoms with Crippen LogP contribution in [0.5, 0.6) is 0 Å². The van der Waals surface area contributed by atoms with Crippen molar-refractivity contribution < 1.29 is 4.74 Å². The average molecular weight is 414 g/mol. The van der Waals surface area contributed by atoms with Gasteiger partial charge in [0.1, 0.15) is 0 Å². The quantitative estimate of drug-likeness (QED) is 0.494. The Hall–Kier alpha value is -2.28. The molecule has 1 atom stereocenters. The van der Waals surface area contributed by atoms with Gasteiger partial charge in [-0.1, -0.05) is 74.0 Å². The molecule has 3 aromatic rings. The summed E-state index contributed by atoms with van der Waals surface area (Å²) in [5, 5.41) is 13.3. The Morgan fingerprint density at radius 2 is 1.76 bits per heavy atom. The summed E-state index contributed by atoms with van der Waals surface area (Å²) < 4.78 is 7.08. The second kappa shape index (κ2) is 10.5. The maximum Gasteiger partial charge on any atom is 0.168 e. The second-order valence-electron chi connectivity index (χ2n) is 7.42. The van der Waals surface area contributed by atoms with Crippen LogP contribution in [-0.4, -0.2) is 38.8 Å². The van der Waals surface area contributed by atoms with Gasteiger partial charge in [0.05, 0.1) is 19.2 Å². The Labute approximate surface area is 177 Å². The third-order valence-electron chi connectivity index (χ3n) is 4.92. The van der Waals surface area contributed by atoms with Crippen molar-refractivity contribution in [3.05, 3.63) is 76.6 Å². The molecule has 154 valence electrons. The third kappa shape index (κ3) is 5.63. The van der Waals surface area contributed by atoms with Crippen LogP contribution in [0.15, 0.2) is 54.6 Å². The fourth-order valence-electron chi connectivity index (χ4n) is 3.56. The van der Waals surface area contributed by atoms with E-state index in [-0.39, 0.29) is 6.04 Å². The van der Waals surface area contributed by atoms with Crippen LogP contribution in [0.2, 0.25) is 5.02 Å². The Morgan fingerprint density at radius 1 is 1.03 bits per heavy atom. The van der Waals surface area contributed by atoms with Gasteiger partial charge in [-0.3, -0.25) is 4.90 Å². The molecule has 1 aromatic heterocycles. The highest BCUT2D eigenvalue weighted by molar-refractivity contribution is 6.31. The van der Waals surface area contributed by atoms with Crippen molar-refractivity contribution in [1.29, 1.82) is 0 Å². The molecule has 6 nitrogen and oxygen atoms in total. The summed E-state index contributed by atoms with van der Waals surface area (Å²) in [5.41, 5.74) is 2.33. The standard InChI is InChI=1S/C22H28ClN5O/c1-17(2)21(22-24-25-26-28(22)13-14-29-3)27(15-18-9-5-4-6-10-18)16-19-11-7-8-12-20(19)23/h4-12,17,21H,13-16H2,1-3H3. The topological polar surface area (TPSA) is 56.1 Å². The predicted octanol–water partition coefficient (Wildman–Crippen LogP) is 4.37. The van der Waals surface area contributed by atoms with Crippen molar-refractivity contribution in [1.82, 2.24) is 25.1 Å². The molecule has 3 rings (SSSR count). The van der Waals surface area contributed by atoms with E-state index in [4.69, 9.17) is 16.3 Å². The van der Waals surface area contributed by atoms with Gasteiger partial charge in [0.25, 0.3) is 0 Å². The Morgan fingerprint density at radius 3 is 2.45 bits per heavy atom. The highest BCUT2D eigenvalue weighted by Crippen LogP contribution is 2.31. The largest absolute Gasteiger partial charge is 0.383 e. The van der Waals surface area contributed by atoms with Crippen LogP contribution in [0, 0.1) is 5.92 Å². The number of halogens is 1. The summed E-state index contributed by atoms with van der Waals surface area (Å²) in [5.74, 6) is 1.15. The van der Waals surface area contributed by atoms with Gasteiger partial charge in [-0.05, 0) is 33.5 Å². The van der Waals surface area contributed by atoms with Crippen LogP contribution in [0.25, 0.3) is 0 Å². The van der Waals surface area contributed by atoms with Gasteiger partial charge in [0.2, 0.25) is 0 Å². The van der Waals surface area contributed by atoms with Crippen LogP contribution < -0.4 is 0 Å². The number of hydrogen-bond donors (Lipinski definition) is 0. The number of benzene rings is 2. The SMILES string of the molecule is COCCn1nnnc1C(C(C)C)N(Cc1ccccc1)Cc1ccccc1Cl. The van der Waals surface area contributed by atoms with Gasteiger partial charge in [-0.15, -0.1) is 5.10 Å². The molecule has 1 unspecified atom stereocenters. The van der Waals surface area contributed by atoms with E-state index in [0.717, 1.165) is 23.0 Å². The Balaban J connectivity index is 1.97. The monoisotopic (exact) mass is 413 g/mol. The van der Waals surface area contributed by atoms with Crippen LogP contribution in [0.1, 0.15) is 36.8 Å². The van der Waals surface area contributed by atoms with E-state index in [9.17, 15) is 0 Å².